The van der Waals surface area contributed by atoms with Crippen LogP contribution in [0.3, 0.4) is 0 Å². The molecule has 0 atom stereocenters. The summed E-state index contributed by atoms with van der Waals surface area (Å²) in [4.78, 5) is 11.4. The Kier molecular flexibility index (Phi) is 17.6. The molecule has 10 nitrogen and oxygen atoms in total. The summed E-state index contributed by atoms with van der Waals surface area (Å²) in [5, 5.41) is 5.95. The molecule has 0 spiro atoms. The molecule has 2 N–H and O–H groups in total. The van der Waals surface area contributed by atoms with Crippen molar-refractivity contribution in [1.82, 2.24) is 10.6 Å². The maximum atomic E-state index is 11.4. The quantitative estimate of drug-likeness (QED) is 0.274. The molecule has 0 saturated carbocycles. The van der Waals surface area contributed by atoms with Crippen LogP contribution < -0.4 is 10.6 Å². The molecular weight excluding hydrogens is 420 g/mol. The molecule has 0 unspecified atom stereocenters. The van der Waals surface area contributed by atoms with Gasteiger partial charge in [0.1, 0.15) is 5.60 Å². The highest BCUT2D eigenvalue weighted by atomic mass is 16.6. The Morgan fingerprint density at radius 1 is 0.750 bits per heavy atom. The van der Waals surface area contributed by atoms with Crippen molar-refractivity contribution in [2.24, 2.45) is 0 Å². The van der Waals surface area contributed by atoms with Crippen molar-refractivity contribution < 1.29 is 38.0 Å². The van der Waals surface area contributed by atoms with E-state index in [9.17, 15) is 4.79 Å². The van der Waals surface area contributed by atoms with Crippen molar-refractivity contribution >= 4 is 6.09 Å². The van der Waals surface area contributed by atoms with Gasteiger partial charge in [0.2, 0.25) is 0 Å². The molecule has 0 bridgehead atoms. The first kappa shape index (κ1) is 29.0. The number of amides is 1. The summed E-state index contributed by atoms with van der Waals surface area (Å²) in [5.41, 5.74) is -0.497. The van der Waals surface area contributed by atoms with Crippen LogP contribution in [0.1, 0.15) is 33.6 Å². The van der Waals surface area contributed by atoms with Crippen LogP contribution >= 0.6 is 0 Å². The van der Waals surface area contributed by atoms with E-state index in [4.69, 9.17) is 33.2 Å². The molecule has 0 aromatic carbocycles. The zero-order valence-electron chi connectivity index (χ0n) is 20.2. The van der Waals surface area contributed by atoms with E-state index in [1.54, 1.807) is 0 Å². The maximum absolute atomic E-state index is 11.4. The Morgan fingerprint density at radius 3 is 1.66 bits per heavy atom. The minimum Gasteiger partial charge on any atom is -0.444 e. The van der Waals surface area contributed by atoms with Crippen molar-refractivity contribution in [3.8, 4) is 0 Å². The molecular formula is C22H44N2O8. The molecule has 1 amide bonds. The fourth-order valence-corrected chi connectivity index (χ4v) is 2.76. The average molecular weight is 465 g/mol. The predicted octanol–water partition coefficient (Wildman–Crippen LogP) is 1.36. The lowest BCUT2D eigenvalue weighted by Crippen LogP contribution is -2.34. The molecule has 1 rings (SSSR count). The highest BCUT2D eigenvalue weighted by molar-refractivity contribution is 5.67. The van der Waals surface area contributed by atoms with Crippen LogP contribution in [-0.2, 0) is 33.2 Å². The van der Waals surface area contributed by atoms with Gasteiger partial charge in [0.15, 0.2) is 0 Å². The average Bonchev–Trinajstić information content (AvgIpc) is 2.75. The second-order valence-electron chi connectivity index (χ2n) is 8.31. The Morgan fingerprint density at radius 2 is 1.19 bits per heavy atom. The molecule has 0 aromatic heterocycles. The highest BCUT2D eigenvalue weighted by Crippen LogP contribution is 2.07. The largest absolute Gasteiger partial charge is 0.444 e. The van der Waals surface area contributed by atoms with Gasteiger partial charge >= 0.3 is 6.09 Å². The lowest BCUT2D eigenvalue weighted by atomic mass is 10.1. The van der Waals surface area contributed by atoms with Crippen LogP contribution in [0.25, 0.3) is 0 Å². The molecule has 1 heterocycles. The molecule has 32 heavy (non-hydrogen) atoms. The standard InChI is InChI=1S/C22H44N2O8/c1-22(2,3)32-21(25)24-8-9-26-10-11-27-12-13-28-14-15-29-16-17-30-18-19-31-20-4-6-23-7-5-20/h20,23H,4-19H2,1-3H3,(H,24,25). The van der Waals surface area contributed by atoms with Crippen LogP contribution in [0.5, 0.6) is 0 Å². The van der Waals surface area contributed by atoms with Crippen LogP contribution in [0.4, 0.5) is 4.79 Å². The van der Waals surface area contributed by atoms with Crippen molar-refractivity contribution in [2.45, 2.75) is 45.3 Å². The summed E-state index contributed by atoms with van der Waals surface area (Å²) in [7, 11) is 0. The van der Waals surface area contributed by atoms with Gasteiger partial charge in [-0.15, -0.1) is 0 Å². The summed E-state index contributed by atoms with van der Waals surface area (Å²) < 4.78 is 38.1. The number of rotatable bonds is 19. The summed E-state index contributed by atoms with van der Waals surface area (Å²) in [5.74, 6) is 0. The van der Waals surface area contributed by atoms with Crippen LogP contribution in [-0.4, -0.2) is 110 Å². The van der Waals surface area contributed by atoms with Gasteiger partial charge in [-0.2, -0.15) is 0 Å². The number of alkyl carbamates (subject to hydrolysis) is 1. The molecule has 0 aromatic rings. The Balaban J connectivity index is 1.68. The van der Waals surface area contributed by atoms with E-state index < -0.39 is 11.7 Å². The molecule has 1 aliphatic rings. The van der Waals surface area contributed by atoms with Gasteiger partial charge < -0.3 is 43.8 Å². The van der Waals surface area contributed by atoms with E-state index in [-0.39, 0.29) is 0 Å². The summed E-state index contributed by atoms with van der Waals surface area (Å²) in [6.07, 6.45) is 2.09. The first-order chi connectivity index (χ1) is 15.5. The first-order valence-electron chi connectivity index (χ1n) is 11.7. The number of nitrogens with one attached hydrogen (secondary N) is 2. The summed E-state index contributed by atoms with van der Waals surface area (Å²) in [6.45, 7) is 13.7. The second-order valence-corrected chi connectivity index (χ2v) is 8.31. The normalized spacial score (nSPS) is 15.1. The molecule has 0 aliphatic carbocycles. The monoisotopic (exact) mass is 464 g/mol. The van der Waals surface area contributed by atoms with Crippen molar-refractivity contribution in [3.63, 3.8) is 0 Å². The van der Waals surface area contributed by atoms with Gasteiger partial charge in [-0.25, -0.2) is 4.79 Å². The molecule has 1 fully saturated rings. The zero-order valence-corrected chi connectivity index (χ0v) is 20.2. The van der Waals surface area contributed by atoms with Crippen LogP contribution in [0, 0.1) is 0 Å². The zero-order chi connectivity index (χ0) is 23.3. The number of carbonyl (C=O) groups is 1. The van der Waals surface area contributed by atoms with Gasteiger partial charge in [0, 0.05) is 6.54 Å². The highest BCUT2D eigenvalue weighted by Gasteiger charge is 2.15. The molecule has 0 radical (unpaired) electrons. The molecule has 190 valence electrons. The van der Waals surface area contributed by atoms with Crippen molar-refractivity contribution in [1.29, 1.82) is 0 Å². The number of piperidine rings is 1. The first-order valence-corrected chi connectivity index (χ1v) is 11.7. The van der Waals surface area contributed by atoms with Crippen molar-refractivity contribution in [3.05, 3.63) is 0 Å². The van der Waals surface area contributed by atoms with Crippen LogP contribution in [0.15, 0.2) is 0 Å². The Hall–Kier alpha value is -1.01. The minimum atomic E-state index is -0.497. The lowest BCUT2D eigenvalue weighted by Gasteiger charge is -2.22. The topological polar surface area (TPSA) is 106 Å². The summed E-state index contributed by atoms with van der Waals surface area (Å²) in [6, 6.07) is 0. The third-order valence-electron chi connectivity index (χ3n) is 4.27. The van der Waals surface area contributed by atoms with Gasteiger partial charge in [-0.05, 0) is 46.7 Å². The number of ether oxygens (including phenoxy) is 7. The third kappa shape index (κ3) is 19.7. The number of hydrogen-bond donors (Lipinski definition) is 2. The molecule has 10 heteroatoms. The molecule has 1 aliphatic heterocycles. The fraction of sp³-hybridized carbons (Fsp3) is 0.955. The van der Waals surface area contributed by atoms with Gasteiger partial charge in [-0.1, -0.05) is 0 Å². The number of carbonyl (C=O) groups excluding carboxylic acids is 1. The van der Waals surface area contributed by atoms with Gasteiger partial charge in [-0.3, -0.25) is 0 Å². The van der Waals surface area contributed by atoms with E-state index >= 15 is 0 Å². The van der Waals surface area contributed by atoms with E-state index in [1.807, 2.05) is 20.8 Å². The van der Waals surface area contributed by atoms with E-state index in [0.717, 1.165) is 25.9 Å². The smallest absolute Gasteiger partial charge is 0.407 e. The number of hydrogen-bond acceptors (Lipinski definition) is 9. The molecule has 1 saturated heterocycles. The van der Waals surface area contributed by atoms with Gasteiger partial charge in [0.05, 0.1) is 78.8 Å². The van der Waals surface area contributed by atoms with Crippen LogP contribution in [0.2, 0.25) is 0 Å². The predicted molar refractivity (Wildman–Crippen MR) is 120 cm³/mol. The second kappa shape index (κ2) is 19.5. The minimum absolute atomic E-state index is 0.373. The van der Waals surface area contributed by atoms with E-state index in [0.29, 0.717) is 85.3 Å². The maximum Gasteiger partial charge on any atom is 0.407 e. The fourth-order valence-electron chi connectivity index (χ4n) is 2.76. The third-order valence-corrected chi connectivity index (χ3v) is 4.27. The van der Waals surface area contributed by atoms with E-state index in [2.05, 4.69) is 10.6 Å². The van der Waals surface area contributed by atoms with E-state index in [1.165, 1.54) is 0 Å². The Bertz CT molecular complexity index is 442. The van der Waals surface area contributed by atoms with Gasteiger partial charge in [0.25, 0.3) is 0 Å². The SMILES string of the molecule is CC(C)(C)OC(=O)NCCOCCOCCOCCOCCOCCOC1CCNCC1. The van der Waals surface area contributed by atoms with Crippen molar-refractivity contribution in [2.75, 3.05) is 92.3 Å². The Labute approximate surface area is 192 Å². The lowest BCUT2D eigenvalue weighted by molar-refractivity contribution is -0.0296. The summed E-state index contributed by atoms with van der Waals surface area (Å²) >= 11 is 0.